The first-order valence-electron chi connectivity index (χ1n) is 16.6. The summed E-state index contributed by atoms with van der Waals surface area (Å²) in [6.07, 6.45) is 7.31. The van der Waals surface area contributed by atoms with E-state index in [-0.39, 0.29) is 84.0 Å². The first kappa shape index (κ1) is 35.5. The summed E-state index contributed by atoms with van der Waals surface area (Å²) in [6, 6.07) is 7.16. The number of hydrogen-bond donors (Lipinski definition) is 2. The molecule has 2 amide bonds. The number of pyridine rings is 2. The minimum Gasteiger partial charge on any atom is -0.396 e. The highest BCUT2D eigenvalue weighted by molar-refractivity contribution is 5.81. The average Bonchev–Trinajstić information content (AvgIpc) is 3.34. The predicted molar refractivity (Wildman–Crippen MR) is 185 cm³/mol. The number of fused-ring (bicyclic) bond motifs is 8. The van der Waals surface area contributed by atoms with Gasteiger partial charge in [0.15, 0.2) is 0 Å². The smallest absolute Gasteiger partial charge is 0.258 e. The number of aliphatic hydroxyl groups excluding tert-OH is 2. The number of aromatic nitrogens is 2. The average molecular weight is 663 g/mol. The number of rotatable bonds is 6. The molecule has 2 saturated heterocycles. The summed E-state index contributed by atoms with van der Waals surface area (Å²) in [5.74, 6) is -0.987. The number of allylic oxidation sites excluding steroid dienone is 2. The minimum absolute atomic E-state index is 0.00632. The zero-order chi connectivity index (χ0) is 35.2. The van der Waals surface area contributed by atoms with Crippen molar-refractivity contribution in [3.63, 3.8) is 0 Å². The Kier molecular flexibility index (Phi) is 10.3. The van der Waals surface area contributed by atoms with E-state index in [1.165, 1.54) is 0 Å². The number of carbonyl (C=O) groups is 2. The summed E-state index contributed by atoms with van der Waals surface area (Å²) < 4.78 is 3.58. The van der Waals surface area contributed by atoms with Crippen LogP contribution >= 0.6 is 0 Å². The highest BCUT2D eigenvalue weighted by Gasteiger charge is 2.56. The van der Waals surface area contributed by atoms with Gasteiger partial charge in [0.05, 0.1) is 23.9 Å². The van der Waals surface area contributed by atoms with Crippen LogP contribution in [-0.2, 0) is 22.7 Å². The fraction of sp³-hybridized carbons (Fsp3) is 0.556. The molecule has 0 radical (unpaired) electrons. The summed E-state index contributed by atoms with van der Waals surface area (Å²) in [5, 5.41) is 19.8. The first-order valence-corrected chi connectivity index (χ1v) is 16.6. The fourth-order valence-electron chi connectivity index (χ4n) is 8.59. The van der Waals surface area contributed by atoms with Gasteiger partial charge >= 0.3 is 0 Å². The Hall–Kier alpha value is -3.84. The Morgan fingerprint density at radius 1 is 0.708 bits per heavy atom. The second kappa shape index (κ2) is 13.9. The lowest BCUT2D eigenvalue weighted by Gasteiger charge is -2.35. The molecule has 4 aliphatic rings. The van der Waals surface area contributed by atoms with Gasteiger partial charge in [0.25, 0.3) is 11.1 Å². The number of hydrogen-bond acceptors (Lipinski definition) is 8. The van der Waals surface area contributed by atoms with Crippen molar-refractivity contribution >= 4 is 24.0 Å². The Labute approximate surface area is 282 Å². The third kappa shape index (κ3) is 5.68. The van der Waals surface area contributed by atoms with E-state index in [4.69, 9.17) is 0 Å². The molecule has 0 aliphatic carbocycles. The van der Waals surface area contributed by atoms with Crippen molar-refractivity contribution in [1.82, 2.24) is 28.7 Å². The Morgan fingerprint density at radius 3 is 1.35 bits per heavy atom. The molecule has 4 bridgehead atoms. The summed E-state index contributed by atoms with van der Waals surface area (Å²) >= 11 is 0. The number of amides is 2. The third-order valence-corrected chi connectivity index (χ3v) is 10.9. The van der Waals surface area contributed by atoms with Crippen LogP contribution in [0.4, 0.5) is 0 Å². The van der Waals surface area contributed by atoms with E-state index in [2.05, 4.69) is 9.80 Å². The van der Waals surface area contributed by atoms with Crippen molar-refractivity contribution in [1.29, 1.82) is 0 Å². The number of aliphatic hydroxyl groups is 2. The first-order chi connectivity index (χ1) is 22.8. The van der Waals surface area contributed by atoms with Crippen LogP contribution in [0.1, 0.15) is 48.4 Å². The van der Waals surface area contributed by atoms with Crippen LogP contribution in [0.5, 0.6) is 0 Å². The van der Waals surface area contributed by atoms with Gasteiger partial charge in [-0.2, -0.15) is 0 Å². The van der Waals surface area contributed by atoms with Gasteiger partial charge in [-0.25, -0.2) is 0 Å². The van der Waals surface area contributed by atoms with Crippen molar-refractivity contribution < 1.29 is 19.8 Å². The van der Waals surface area contributed by atoms with Crippen LogP contribution in [0.25, 0.3) is 12.2 Å². The van der Waals surface area contributed by atoms with Gasteiger partial charge in [0.2, 0.25) is 11.8 Å². The zero-order valence-corrected chi connectivity index (χ0v) is 29.3. The lowest BCUT2D eigenvalue weighted by atomic mass is 9.86. The lowest BCUT2D eigenvalue weighted by Crippen LogP contribution is -2.44. The molecule has 0 saturated carbocycles. The van der Waals surface area contributed by atoms with E-state index < -0.39 is 0 Å². The number of carbonyl (C=O) groups excluding carboxylic acids is 2. The van der Waals surface area contributed by atoms with Crippen molar-refractivity contribution in [3.8, 4) is 0 Å². The maximum absolute atomic E-state index is 12.8. The Bertz CT molecular complexity index is 1600. The van der Waals surface area contributed by atoms with Crippen LogP contribution in [0.2, 0.25) is 0 Å². The molecule has 260 valence electrons. The molecule has 48 heavy (non-hydrogen) atoms. The maximum atomic E-state index is 12.8. The second-order valence-corrected chi connectivity index (χ2v) is 13.8. The molecule has 12 heteroatoms. The minimum atomic E-state index is -0.333. The summed E-state index contributed by atoms with van der Waals surface area (Å²) in [4.78, 5) is 58.5. The number of nitrogens with zero attached hydrogens (tertiary/aromatic N) is 6. The van der Waals surface area contributed by atoms with Crippen LogP contribution in [0.3, 0.4) is 0 Å². The Morgan fingerprint density at radius 2 is 1.06 bits per heavy atom. The van der Waals surface area contributed by atoms with Crippen LogP contribution < -0.4 is 11.1 Å². The lowest BCUT2D eigenvalue weighted by molar-refractivity contribution is -0.136. The molecule has 4 aliphatic heterocycles. The summed E-state index contributed by atoms with van der Waals surface area (Å²) in [6.45, 7) is 4.67. The fourth-order valence-corrected chi connectivity index (χ4v) is 8.59. The molecule has 2 aromatic heterocycles. The standard InChI is InChI=1S/2C18H25N3O3/c2*1-5-6-11-7-8-13-16-15(18(24)19(2)3)12(10-22)14(20(16)4)9-21(13)17(11)23/h2*5-8,12,14-16,22H,9-10H2,1-4H3/b6-5+;6-5-/t2*12-,14-,15+,16+/m11/s1. The molecule has 2 aromatic rings. The van der Waals surface area contributed by atoms with E-state index in [1.54, 1.807) is 47.1 Å². The third-order valence-electron chi connectivity index (χ3n) is 10.9. The zero-order valence-electron chi connectivity index (χ0n) is 29.3. The normalized spacial score (nSPS) is 29.0. The monoisotopic (exact) mass is 662 g/mol. The van der Waals surface area contributed by atoms with E-state index in [9.17, 15) is 29.4 Å². The number of likely N-dealkylation sites (N-methyl/N-ethyl adjacent to an activating group) is 2. The van der Waals surface area contributed by atoms with Gasteiger partial charge in [-0.15, -0.1) is 0 Å². The Balaban J connectivity index is 0.000000188. The summed E-state index contributed by atoms with van der Waals surface area (Å²) in [7, 11) is 10.9. The molecule has 8 atom stereocenters. The molecule has 2 N–H and O–H groups in total. The topological polar surface area (TPSA) is 132 Å². The van der Waals surface area contributed by atoms with Crippen molar-refractivity contribution in [2.24, 2.45) is 23.7 Å². The quantitative estimate of drug-likeness (QED) is 0.471. The van der Waals surface area contributed by atoms with Crippen molar-refractivity contribution in [3.05, 3.63) is 79.6 Å². The van der Waals surface area contributed by atoms with Gasteiger partial charge in [0, 0.05) is 101 Å². The molecule has 6 rings (SSSR count). The molecule has 6 heterocycles. The van der Waals surface area contributed by atoms with Crippen LogP contribution in [-0.4, -0.2) is 118 Å². The SMILES string of the molecule is C/C=C/c1ccc2n(c1=O)C[C@@H]1[C@@H](CO)[C@H](C(=O)N(C)C)[C@H]2N1C.C/C=C\c1ccc2n(c1=O)C[C@@H]1[C@@H](CO)[C@H](C(=O)N(C)C)[C@H]2N1C. The molecule has 12 nitrogen and oxygen atoms in total. The highest BCUT2D eigenvalue weighted by Crippen LogP contribution is 2.48. The largest absolute Gasteiger partial charge is 0.396 e. The molecular formula is C36H50N6O6. The van der Waals surface area contributed by atoms with E-state index in [0.29, 0.717) is 24.2 Å². The molecule has 0 spiro atoms. The van der Waals surface area contributed by atoms with Gasteiger partial charge in [-0.05, 0) is 52.2 Å². The van der Waals surface area contributed by atoms with Crippen molar-refractivity contribution in [2.75, 3.05) is 55.5 Å². The predicted octanol–water partition coefficient (Wildman–Crippen LogP) is 1.13. The van der Waals surface area contributed by atoms with Gasteiger partial charge in [-0.3, -0.25) is 29.0 Å². The molecule has 0 aromatic carbocycles. The highest BCUT2D eigenvalue weighted by atomic mass is 16.3. The van der Waals surface area contributed by atoms with Crippen LogP contribution in [0.15, 0.2) is 46.0 Å². The van der Waals surface area contributed by atoms with E-state index >= 15 is 0 Å². The summed E-state index contributed by atoms with van der Waals surface area (Å²) in [5.41, 5.74) is 2.99. The van der Waals surface area contributed by atoms with Crippen molar-refractivity contribution in [2.45, 2.75) is 51.1 Å². The molecular weight excluding hydrogens is 612 g/mol. The van der Waals surface area contributed by atoms with Gasteiger partial charge < -0.3 is 29.1 Å². The van der Waals surface area contributed by atoms with E-state index in [0.717, 1.165) is 11.4 Å². The molecule has 2 fully saturated rings. The second-order valence-electron chi connectivity index (χ2n) is 13.8. The van der Waals surface area contributed by atoms with E-state index in [1.807, 2.05) is 76.5 Å². The maximum Gasteiger partial charge on any atom is 0.258 e. The van der Waals surface area contributed by atoms with Crippen LogP contribution in [0, 0.1) is 23.7 Å². The van der Waals surface area contributed by atoms with Gasteiger partial charge in [-0.1, -0.05) is 24.3 Å². The van der Waals surface area contributed by atoms with Gasteiger partial charge in [0.1, 0.15) is 0 Å². The molecule has 0 unspecified atom stereocenters.